The van der Waals surface area contributed by atoms with E-state index >= 15 is 0 Å². The van der Waals surface area contributed by atoms with E-state index in [0.29, 0.717) is 6.10 Å². The van der Waals surface area contributed by atoms with Gasteiger partial charge in [-0.2, -0.15) is 0 Å². The van der Waals surface area contributed by atoms with Gasteiger partial charge in [0.2, 0.25) is 0 Å². The van der Waals surface area contributed by atoms with E-state index in [9.17, 15) is 4.79 Å². The van der Waals surface area contributed by atoms with Gasteiger partial charge in [-0.25, -0.2) is 0 Å². The zero-order valence-corrected chi connectivity index (χ0v) is 15.8. The van der Waals surface area contributed by atoms with E-state index in [4.69, 9.17) is 14.8 Å². The molecule has 144 valence electrons. The minimum Gasteiger partial charge on any atom is -0.490 e. The average Bonchev–Trinajstić information content (AvgIpc) is 2.69. The van der Waals surface area contributed by atoms with Crippen LogP contribution in [0.15, 0.2) is 30.3 Å². The molecule has 27 heavy (non-hydrogen) atoms. The molecule has 2 heterocycles. The third kappa shape index (κ3) is 4.59. The van der Waals surface area contributed by atoms with Crippen LogP contribution in [0.1, 0.15) is 50.6 Å². The van der Waals surface area contributed by atoms with Gasteiger partial charge in [-0.1, -0.05) is 12.5 Å². The van der Waals surface area contributed by atoms with E-state index in [-0.39, 0.29) is 5.92 Å². The highest BCUT2D eigenvalue weighted by Gasteiger charge is 2.24. The van der Waals surface area contributed by atoms with Crippen LogP contribution in [0.5, 0.6) is 5.75 Å². The fraction of sp³-hybridized carbons (Fsp3) is 0.545. The topological polar surface area (TPSA) is 62.7 Å². The summed E-state index contributed by atoms with van der Waals surface area (Å²) in [5.74, 6) is 0.0952. The molecule has 0 bridgehead atoms. The maximum Gasteiger partial charge on any atom is 0.306 e. The summed E-state index contributed by atoms with van der Waals surface area (Å²) < 4.78 is 6.16. The van der Waals surface area contributed by atoms with Crippen molar-refractivity contribution >= 4 is 16.9 Å². The van der Waals surface area contributed by atoms with Gasteiger partial charge in [0.05, 0.1) is 23.2 Å². The number of carboxylic acid groups (broad SMARTS) is 1. The Balaban J connectivity index is 1.39. The van der Waals surface area contributed by atoms with E-state index in [2.05, 4.69) is 23.1 Å². The van der Waals surface area contributed by atoms with Crippen molar-refractivity contribution < 1.29 is 14.6 Å². The Hall–Kier alpha value is -2.14. The van der Waals surface area contributed by atoms with E-state index in [1.807, 2.05) is 12.1 Å². The number of benzene rings is 1. The average molecular weight is 368 g/mol. The van der Waals surface area contributed by atoms with Crippen LogP contribution in [0.4, 0.5) is 0 Å². The van der Waals surface area contributed by atoms with Gasteiger partial charge >= 0.3 is 5.97 Å². The van der Waals surface area contributed by atoms with Crippen molar-refractivity contribution in [2.45, 2.75) is 57.6 Å². The number of nitrogens with zero attached hydrogens (tertiary/aromatic N) is 2. The molecule has 1 N–H and O–H groups in total. The lowest BCUT2D eigenvalue weighted by Crippen LogP contribution is -2.36. The molecule has 1 saturated heterocycles. The minimum absolute atomic E-state index is 0.187. The standard InChI is InChI=1S/C22H28N2O3/c25-22(26)16-10-12-24(13-11-16)15-18-7-6-17-14-20(8-9-21(17)23-18)27-19-4-2-1-3-5-19/h6-9,14,16,19H,1-5,10-13,15H2,(H,25,26). The largest absolute Gasteiger partial charge is 0.490 e. The quantitative estimate of drug-likeness (QED) is 0.855. The van der Waals surface area contributed by atoms with E-state index in [1.54, 1.807) is 0 Å². The fourth-order valence-electron chi connectivity index (χ4n) is 4.25. The van der Waals surface area contributed by atoms with Gasteiger partial charge < -0.3 is 9.84 Å². The molecular weight excluding hydrogens is 340 g/mol. The van der Waals surface area contributed by atoms with Crippen molar-refractivity contribution in [1.82, 2.24) is 9.88 Å². The molecule has 1 aromatic heterocycles. The van der Waals surface area contributed by atoms with Crippen LogP contribution in [0.2, 0.25) is 0 Å². The Kier molecular flexibility index (Phi) is 5.58. The number of carbonyl (C=O) groups is 1. The molecule has 2 aliphatic rings. The lowest BCUT2D eigenvalue weighted by atomic mass is 9.97. The first-order valence-corrected chi connectivity index (χ1v) is 10.2. The highest BCUT2D eigenvalue weighted by molar-refractivity contribution is 5.80. The lowest BCUT2D eigenvalue weighted by molar-refractivity contribution is -0.143. The normalized spacial score (nSPS) is 20.0. The first-order valence-electron chi connectivity index (χ1n) is 10.2. The van der Waals surface area contributed by atoms with E-state index in [0.717, 1.165) is 67.7 Å². The molecule has 1 saturated carbocycles. The molecule has 5 nitrogen and oxygen atoms in total. The molecule has 1 aromatic carbocycles. The van der Waals surface area contributed by atoms with Crippen molar-refractivity contribution in [1.29, 1.82) is 0 Å². The van der Waals surface area contributed by atoms with Crippen molar-refractivity contribution in [2.24, 2.45) is 5.92 Å². The van der Waals surface area contributed by atoms with E-state index in [1.165, 1.54) is 19.3 Å². The molecule has 1 aliphatic carbocycles. The summed E-state index contributed by atoms with van der Waals surface area (Å²) in [7, 11) is 0. The minimum atomic E-state index is -0.662. The Morgan fingerprint density at radius 3 is 2.59 bits per heavy atom. The molecule has 4 rings (SSSR count). The van der Waals surface area contributed by atoms with Gasteiger partial charge in [0.25, 0.3) is 0 Å². The Morgan fingerprint density at radius 1 is 1.07 bits per heavy atom. The number of likely N-dealkylation sites (tertiary alicyclic amines) is 1. The number of aliphatic carboxylic acids is 1. The van der Waals surface area contributed by atoms with Crippen molar-refractivity contribution in [3.05, 3.63) is 36.0 Å². The number of hydrogen-bond donors (Lipinski definition) is 1. The zero-order chi connectivity index (χ0) is 18.6. The van der Waals surface area contributed by atoms with Crippen LogP contribution in [0.3, 0.4) is 0 Å². The van der Waals surface area contributed by atoms with Crippen molar-refractivity contribution in [3.63, 3.8) is 0 Å². The Morgan fingerprint density at radius 2 is 1.85 bits per heavy atom. The molecule has 2 aromatic rings. The van der Waals surface area contributed by atoms with Gasteiger partial charge in [0, 0.05) is 11.9 Å². The maximum atomic E-state index is 11.1. The Labute approximate surface area is 160 Å². The van der Waals surface area contributed by atoms with Gasteiger partial charge in [-0.3, -0.25) is 14.7 Å². The monoisotopic (exact) mass is 368 g/mol. The van der Waals surface area contributed by atoms with Gasteiger partial charge in [-0.15, -0.1) is 0 Å². The van der Waals surface area contributed by atoms with Crippen LogP contribution in [-0.2, 0) is 11.3 Å². The SMILES string of the molecule is O=C(O)C1CCN(Cc2ccc3cc(OC4CCCCC4)ccc3n2)CC1. The van der Waals surface area contributed by atoms with Gasteiger partial charge in [0.15, 0.2) is 0 Å². The van der Waals surface area contributed by atoms with Crippen molar-refractivity contribution in [3.8, 4) is 5.75 Å². The van der Waals surface area contributed by atoms with Crippen molar-refractivity contribution in [2.75, 3.05) is 13.1 Å². The van der Waals surface area contributed by atoms with Crippen LogP contribution in [-0.4, -0.2) is 40.2 Å². The second-order valence-electron chi connectivity index (χ2n) is 7.92. The molecule has 2 fully saturated rings. The molecule has 0 unspecified atom stereocenters. The molecule has 0 radical (unpaired) electrons. The van der Waals surface area contributed by atoms with Crippen LogP contribution in [0.25, 0.3) is 10.9 Å². The molecular formula is C22H28N2O3. The summed E-state index contributed by atoms with van der Waals surface area (Å²) in [4.78, 5) is 18.2. The summed E-state index contributed by atoms with van der Waals surface area (Å²) >= 11 is 0. The number of ether oxygens (including phenoxy) is 1. The lowest BCUT2D eigenvalue weighted by Gasteiger charge is -2.29. The summed E-state index contributed by atoms with van der Waals surface area (Å²) in [5.41, 5.74) is 2.03. The maximum absolute atomic E-state index is 11.1. The molecule has 1 aliphatic heterocycles. The highest BCUT2D eigenvalue weighted by Crippen LogP contribution is 2.26. The Bertz CT molecular complexity index is 793. The predicted molar refractivity (Wildman–Crippen MR) is 105 cm³/mol. The number of pyridine rings is 1. The number of hydrogen-bond acceptors (Lipinski definition) is 4. The molecule has 0 atom stereocenters. The summed E-state index contributed by atoms with van der Waals surface area (Å²) in [6.07, 6.45) is 8.01. The third-order valence-corrected chi connectivity index (χ3v) is 5.90. The molecule has 0 spiro atoms. The number of carboxylic acids is 1. The molecule has 5 heteroatoms. The van der Waals surface area contributed by atoms with Gasteiger partial charge in [0.1, 0.15) is 5.75 Å². The number of aromatic nitrogens is 1. The van der Waals surface area contributed by atoms with E-state index < -0.39 is 5.97 Å². The highest BCUT2D eigenvalue weighted by atomic mass is 16.5. The van der Waals surface area contributed by atoms with Crippen LogP contribution >= 0.6 is 0 Å². The second-order valence-corrected chi connectivity index (χ2v) is 7.92. The van der Waals surface area contributed by atoms with Gasteiger partial charge in [-0.05, 0) is 75.9 Å². The zero-order valence-electron chi connectivity index (χ0n) is 15.8. The number of rotatable bonds is 5. The first-order chi connectivity index (χ1) is 13.2. The first kappa shape index (κ1) is 18.2. The van der Waals surface area contributed by atoms with Crippen LogP contribution < -0.4 is 4.74 Å². The third-order valence-electron chi connectivity index (χ3n) is 5.90. The summed E-state index contributed by atoms with van der Waals surface area (Å²) in [6, 6.07) is 10.4. The molecule has 0 amide bonds. The second kappa shape index (κ2) is 8.26. The number of piperidine rings is 1. The summed E-state index contributed by atoms with van der Waals surface area (Å²) in [5, 5.41) is 10.2. The fourth-order valence-corrected chi connectivity index (χ4v) is 4.25. The smallest absolute Gasteiger partial charge is 0.306 e. The number of fused-ring (bicyclic) bond motifs is 1. The van der Waals surface area contributed by atoms with Crippen LogP contribution in [0, 0.1) is 5.92 Å². The summed E-state index contributed by atoms with van der Waals surface area (Å²) in [6.45, 7) is 2.43. The predicted octanol–water partition coefficient (Wildman–Crippen LogP) is 4.24.